The quantitative estimate of drug-likeness (QED) is 0.411. The molecule has 7 heteroatoms. The van der Waals surface area contributed by atoms with Crippen LogP contribution in [0.4, 0.5) is 0 Å². The van der Waals surface area contributed by atoms with Gasteiger partial charge in [0.05, 0.1) is 11.3 Å². The molecule has 1 amide bonds. The normalized spacial score (nSPS) is 14.9. The number of H-pyrrole nitrogens is 1. The van der Waals surface area contributed by atoms with Crippen LogP contribution < -0.4 is 0 Å². The van der Waals surface area contributed by atoms with Gasteiger partial charge in [0.1, 0.15) is 10.8 Å². The van der Waals surface area contributed by atoms with Gasteiger partial charge in [-0.05, 0) is 56.4 Å². The Balaban J connectivity index is 1.27. The lowest BCUT2D eigenvalue weighted by atomic mass is 9.89. The zero-order valence-corrected chi connectivity index (χ0v) is 19.1. The largest absolute Gasteiger partial charge is 0.361 e. The second-order valence-electron chi connectivity index (χ2n) is 8.30. The van der Waals surface area contributed by atoms with Gasteiger partial charge in [0.15, 0.2) is 0 Å². The number of carbonyl (C=O) groups excluding carboxylic acids is 1. The van der Waals surface area contributed by atoms with Crippen LogP contribution in [0, 0.1) is 13.8 Å². The van der Waals surface area contributed by atoms with Crippen molar-refractivity contribution >= 4 is 28.6 Å². The molecule has 1 saturated heterocycles. The van der Waals surface area contributed by atoms with Gasteiger partial charge in [-0.1, -0.05) is 23.4 Å². The van der Waals surface area contributed by atoms with E-state index >= 15 is 0 Å². The second kappa shape index (κ2) is 8.82. The first-order chi connectivity index (χ1) is 15.6. The molecule has 0 atom stereocenters. The first kappa shape index (κ1) is 20.8. The highest BCUT2D eigenvalue weighted by molar-refractivity contribution is 7.98. The van der Waals surface area contributed by atoms with E-state index in [1.165, 1.54) is 16.5 Å². The molecular formula is C25H26N4O2S. The highest BCUT2D eigenvalue weighted by atomic mass is 32.2. The fourth-order valence-electron chi connectivity index (χ4n) is 4.51. The summed E-state index contributed by atoms with van der Waals surface area (Å²) in [6.45, 7) is 5.37. The average Bonchev–Trinajstić information content (AvgIpc) is 3.40. The van der Waals surface area contributed by atoms with Gasteiger partial charge in [-0.15, -0.1) is 11.8 Å². The fraction of sp³-hybridized carbons (Fsp3) is 0.320. The van der Waals surface area contributed by atoms with E-state index in [1.807, 2.05) is 30.9 Å². The number of nitrogens with zero attached hydrogens (tertiary/aromatic N) is 3. The van der Waals surface area contributed by atoms with Crippen molar-refractivity contribution in [1.82, 2.24) is 20.0 Å². The number of fused-ring (bicyclic) bond motifs is 1. The molecule has 4 aromatic rings. The van der Waals surface area contributed by atoms with Crippen molar-refractivity contribution in [3.63, 3.8) is 0 Å². The Kier molecular flexibility index (Phi) is 5.74. The molecule has 0 aliphatic carbocycles. The summed E-state index contributed by atoms with van der Waals surface area (Å²) in [6.07, 6.45) is 5.82. The molecule has 4 heterocycles. The third-order valence-corrected chi connectivity index (χ3v) is 7.41. The molecule has 1 aliphatic heterocycles. The van der Waals surface area contributed by atoms with Crippen LogP contribution in [0.5, 0.6) is 0 Å². The number of carbonyl (C=O) groups is 1. The number of benzene rings is 1. The van der Waals surface area contributed by atoms with E-state index < -0.39 is 0 Å². The summed E-state index contributed by atoms with van der Waals surface area (Å²) in [7, 11) is 0. The smallest absolute Gasteiger partial charge is 0.256 e. The minimum atomic E-state index is 0.0664. The molecule has 32 heavy (non-hydrogen) atoms. The van der Waals surface area contributed by atoms with Gasteiger partial charge < -0.3 is 14.4 Å². The van der Waals surface area contributed by atoms with Crippen molar-refractivity contribution in [1.29, 1.82) is 0 Å². The Bertz CT molecular complexity index is 1230. The summed E-state index contributed by atoms with van der Waals surface area (Å²) in [5.41, 5.74) is 5.17. The lowest BCUT2D eigenvalue weighted by Gasteiger charge is -2.32. The summed E-state index contributed by atoms with van der Waals surface area (Å²) in [4.78, 5) is 23.2. The molecule has 1 fully saturated rings. The fourth-order valence-corrected chi connectivity index (χ4v) is 5.65. The lowest BCUT2D eigenvalue weighted by Crippen LogP contribution is -2.38. The number of piperidine rings is 1. The van der Waals surface area contributed by atoms with E-state index in [-0.39, 0.29) is 5.91 Å². The van der Waals surface area contributed by atoms with Crippen molar-refractivity contribution in [3.05, 3.63) is 76.9 Å². The van der Waals surface area contributed by atoms with Crippen LogP contribution >= 0.6 is 11.8 Å². The van der Waals surface area contributed by atoms with Crippen molar-refractivity contribution in [2.45, 2.75) is 43.4 Å². The SMILES string of the molecule is Cc1noc(C)c1CSc1ncccc1C(=O)N1CCC(c2c[nH]c3ccccc23)CC1. The highest BCUT2D eigenvalue weighted by Gasteiger charge is 2.27. The maximum Gasteiger partial charge on any atom is 0.256 e. The van der Waals surface area contributed by atoms with E-state index in [0.29, 0.717) is 17.2 Å². The van der Waals surface area contributed by atoms with Crippen molar-refractivity contribution in [2.75, 3.05) is 13.1 Å². The summed E-state index contributed by atoms with van der Waals surface area (Å²) < 4.78 is 5.26. The number of amides is 1. The number of aromatic nitrogens is 3. The van der Waals surface area contributed by atoms with Crippen molar-refractivity contribution in [2.24, 2.45) is 0 Å². The first-order valence-electron chi connectivity index (χ1n) is 11.0. The molecule has 0 bridgehead atoms. The maximum atomic E-state index is 13.4. The molecule has 5 rings (SSSR count). The van der Waals surface area contributed by atoms with E-state index in [0.717, 1.165) is 48.0 Å². The topological polar surface area (TPSA) is 75.0 Å². The van der Waals surface area contributed by atoms with Gasteiger partial charge >= 0.3 is 0 Å². The summed E-state index contributed by atoms with van der Waals surface area (Å²) in [5.74, 6) is 2.04. The number of hydrogen-bond acceptors (Lipinski definition) is 5. The predicted molar refractivity (Wildman–Crippen MR) is 126 cm³/mol. The number of aromatic amines is 1. The molecule has 0 spiro atoms. The van der Waals surface area contributed by atoms with Crippen LogP contribution in [0.1, 0.15) is 51.7 Å². The number of aryl methyl sites for hydroxylation is 2. The Hall–Kier alpha value is -3.06. The Morgan fingerprint density at radius 2 is 2.00 bits per heavy atom. The highest BCUT2D eigenvalue weighted by Crippen LogP contribution is 2.34. The van der Waals surface area contributed by atoms with E-state index in [4.69, 9.17) is 4.52 Å². The third kappa shape index (κ3) is 3.93. The van der Waals surface area contributed by atoms with Gasteiger partial charge in [0, 0.05) is 47.7 Å². The summed E-state index contributed by atoms with van der Waals surface area (Å²) >= 11 is 1.56. The molecule has 0 saturated carbocycles. The lowest BCUT2D eigenvalue weighted by molar-refractivity contribution is 0.0709. The number of nitrogens with one attached hydrogen (secondary N) is 1. The van der Waals surface area contributed by atoms with Gasteiger partial charge in [0.2, 0.25) is 0 Å². The van der Waals surface area contributed by atoms with Crippen LogP contribution in [0.2, 0.25) is 0 Å². The van der Waals surface area contributed by atoms with Crippen molar-refractivity contribution < 1.29 is 9.32 Å². The molecule has 1 aromatic carbocycles. The van der Waals surface area contributed by atoms with Crippen molar-refractivity contribution in [3.8, 4) is 0 Å². The Labute approximate surface area is 191 Å². The standard InChI is InChI=1S/C25H26N4O2S/c1-16-22(17(2)31-28-16)15-32-24-20(7-5-11-26-24)25(30)29-12-9-18(10-13-29)21-14-27-23-8-4-3-6-19(21)23/h3-8,11,14,18,27H,9-10,12-13,15H2,1-2H3. The summed E-state index contributed by atoms with van der Waals surface area (Å²) in [6, 6.07) is 12.2. The number of pyridine rings is 1. The zero-order valence-electron chi connectivity index (χ0n) is 18.3. The number of likely N-dealkylation sites (tertiary alicyclic amines) is 1. The second-order valence-corrected chi connectivity index (χ2v) is 9.27. The Morgan fingerprint density at radius 3 is 2.78 bits per heavy atom. The van der Waals surface area contributed by atoms with Crippen LogP contribution in [0.15, 0.2) is 58.3 Å². The number of rotatable bonds is 5. The number of para-hydroxylation sites is 1. The van der Waals surface area contributed by atoms with E-state index in [9.17, 15) is 4.79 Å². The monoisotopic (exact) mass is 446 g/mol. The minimum absolute atomic E-state index is 0.0664. The average molecular weight is 447 g/mol. The summed E-state index contributed by atoms with van der Waals surface area (Å²) in [5, 5.41) is 6.07. The molecular weight excluding hydrogens is 420 g/mol. The molecule has 1 N–H and O–H groups in total. The van der Waals surface area contributed by atoms with Gasteiger partial charge in [-0.2, -0.15) is 0 Å². The molecule has 0 radical (unpaired) electrons. The molecule has 0 unspecified atom stereocenters. The van der Waals surface area contributed by atoms with Crippen LogP contribution in [0.3, 0.4) is 0 Å². The van der Waals surface area contributed by atoms with Gasteiger partial charge in [-0.3, -0.25) is 4.79 Å². The van der Waals surface area contributed by atoms with E-state index in [2.05, 4.69) is 45.6 Å². The molecule has 164 valence electrons. The Morgan fingerprint density at radius 1 is 1.19 bits per heavy atom. The maximum absolute atomic E-state index is 13.4. The molecule has 3 aromatic heterocycles. The van der Waals surface area contributed by atoms with Gasteiger partial charge in [-0.25, -0.2) is 4.98 Å². The van der Waals surface area contributed by atoms with Gasteiger partial charge in [0.25, 0.3) is 5.91 Å². The molecule has 1 aliphatic rings. The number of hydrogen-bond donors (Lipinski definition) is 1. The first-order valence-corrected chi connectivity index (χ1v) is 11.9. The minimum Gasteiger partial charge on any atom is -0.361 e. The van der Waals surface area contributed by atoms with Crippen LogP contribution in [-0.4, -0.2) is 39.0 Å². The number of thioether (sulfide) groups is 1. The predicted octanol–water partition coefficient (Wildman–Crippen LogP) is 5.48. The van der Waals surface area contributed by atoms with Crippen LogP contribution in [0.25, 0.3) is 10.9 Å². The zero-order chi connectivity index (χ0) is 22.1. The third-order valence-electron chi connectivity index (χ3n) is 6.38. The van der Waals surface area contributed by atoms with Crippen LogP contribution in [-0.2, 0) is 5.75 Å². The van der Waals surface area contributed by atoms with E-state index in [1.54, 1.807) is 18.0 Å². The molecule has 6 nitrogen and oxygen atoms in total.